The average Bonchev–Trinajstić information content (AvgIpc) is 2.39. The predicted octanol–water partition coefficient (Wildman–Crippen LogP) is 2.84. The molecule has 0 bridgehead atoms. The SMILES string of the molecule is Cc1c(C(=O)O)n(C)c2cc(Cl)ccc12. The number of benzene rings is 1. The minimum absolute atomic E-state index is 0.312. The highest BCUT2D eigenvalue weighted by Crippen LogP contribution is 2.27. The van der Waals surface area contributed by atoms with Crippen molar-refractivity contribution in [2.75, 3.05) is 0 Å². The van der Waals surface area contributed by atoms with Crippen LogP contribution in [0.15, 0.2) is 18.2 Å². The average molecular weight is 224 g/mol. The van der Waals surface area contributed by atoms with E-state index >= 15 is 0 Å². The third kappa shape index (κ3) is 1.39. The molecule has 1 N–H and O–H groups in total. The molecule has 2 rings (SSSR count). The van der Waals surface area contributed by atoms with Crippen molar-refractivity contribution in [2.45, 2.75) is 6.92 Å². The fraction of sp³-hybridized carbons (Fsp3) is 0.182. The number of hydrogen-bond donors (Lipinski definition) is 1. The third-order valence-electron chi connectivity index (χ3n) is 2.62. The molecule has 0 unspecified atom stereocenters. The van der Waals surface area contributed by atoms with Gasteiger partial charge in [-0.15, -0.1) is 0 Å². The van der Waals surface area contributed by atoms with Gasteiger partial charge in [0.15, 0.2) is 0 Å². The number of carboxylic acids is 1. The molecule has 78 valence electrons. The van der Waals surface area contributed by atoms with Crippen LogP contribution < -0.4 is 0 Å². The Morgan fingerprint density at radius 1 is 1.47 bits per heavy atom. The molecule has 0 spiro atoms. The Kier molecular flexibility index (Phi) is 2.20. The molecule has 0 atom stereocenters. The van der Waals surface area contributed by atoms with Crippen LogP contribution in [-0.2, 0) is 7.05 Å². The number of carboxylic acid groups (broad SMARTS) is 1. The van der Waals surface area contributed by atoms with Crippen molar-refractivity contribution >= 4 is 28.5 Å². The second-order valence-corrected chi connectivity index (χ2v) is 3.94. The van der Waals surface area contributed by atoms with Crippen molar-refractivity contribution in [1.29, 1.82) is 0 Å². The van der Waals surface area contributed by atoms with E-state index < -0.39 is 5.97 Å². The first-order valence-electron chi connectivity index (χ1n) is 4.50. The van der Waals surface area contributed by atoms with Crippen LogP contribution in [0.5, 0.6) is 0 Å². The van der Waals surface area contributed by atoms with Gasteiger partial charge in [-0.3, -0.25) is 0 Å². The number of carbonyl (C=O) groups is 1. The zero-order chi connectivity index (χ0) is 11.2. The quantitative estimate of drug-likeness (QED) is 0.808. The van der Waals surface area contributed by atoms with Crippen LogP contribution in [0.4, 0.5) is 0 Å². The number of fused-ring (bicyclic) bond motifs is 1. The molecule has 0 aliphatic rings. The number of aryl methyl sites for hydroxylation is 2. The summed E-state index contributed by atoms with van der Waals surface area (Å²) in [5, 5.41) is 10.6. The number of hydrogen-bond acceptors (Lipinski definition) is 1. The van der Waals surface area contributed by atoms with Gasteiger partial charge in [0.05, 0.1) is 5.52 Å². The third-order valence-corrected chi connectivity index (χ3v) is 2.85. The minimum Gasteiger partial charge on any atom is -0.477 e. The van der Waals surface area contributed by atoms with Gasteiger partial charge in [0.2, 0.25) is 0 Å². The Labute approximate surface area is 91.9 Å². The van der Waals surface area contributed by atoms with E-state index in [1.165, 1.54) is 0 Å². The van der Waals surface area contributed by atoms with Crippen molar-refractivity contribution in [1.82, 2.24) is 4.57 Å². The summed E-state index contributed by atoms with van der Waals surface area (Å²) in [4.78, 5) is 11.0. The molecule has 0 aliphatic heterocycles. The Balaban J connectivity index is 2.91. The Bertz CT molecular complexity index is 557. The molecule has 0 saturated heterocycles. The van der Waals surface area contributed by atoms with Gasteiger partial charge < -0.3 is 9.67 Å². The van der Waals surface area contributed by atoms with Gasteiger partial charge >= 0.3 is 5.97 Å². The van der Waals surface area contributed by atoms with Crippen molar-refractivity contribution in [3.8, 4) is 0 Å². The van der Waals surface area contributed by atoms with E-state index in [9.17, 15) is 4.79 Å². The van der Waals surface area contributed by atoms with Crippen LogP contribution in [0, 0.1) is 6.92 Å². The maximum Gasteiger partial charge on any atom is 0.352 e. The molecule has 0 fully saturated rings. The molecule has 4 heteroatoms. The number of nitrogens with zero attached hydrogens (tertiary/aromatic N) is 1. The fourth-order valence-corrected chi connectivity index (χ4v) is 2.07. The van der Waals surface area contributed by atoms with Crippen LogP contribution in [0.3, 0.4) is 0 Å². The van der Waals surface area contributed by atoms with E-state index in [4.69, 9.17) is 16.7 Å². The standard InChI is InChI=1S/C11H10ClNO2/c1-6-8-4-3-7(12)5-9(8)13(2)10(6)11(14)15/h3-5H,1-2H3,(H,14,15). The molecule has 1 aromatic heterocycles. The Morgan fingerprint density at radius 3 is 2.73 bits per heavy atom. The molecule has 0 radical (unpaired) electrons. The first-order valence-corrected chi connectivity index (χ1v) is 4.88. The van der Waals surface area contributed by atoms with E-state index in [0.29, 0.717) is 10.7 Å². The van der Waals surface area contributed by atoms with Crippen LogP contribution >= 0.6 is 11.6 Å². The maximum atomic E-state index is 11.0. The van der Waals surface area contributed by atoms with Crippen molar-refractivity contribution < 1.29 is 9.90 Å². The second kappa shape index (κ2) is 3.28. The van der Waals surface area contributed by atoms with E-state index in [-0.39, 0.29) is 0 Å². The molecule has 0 amide bonds. The van der Waals surface area contributed by atoms with Crippen LogP contribution in [0.25, 0.3) is 10.9 Å². The summed E-state index contributed by atoms with van der Waals surface area (Å²) in [6, 6.07) is 5.39. The smallest absolute Gasteiger partial charge is 0.352 e. The first kappa shape index (κ1) is 10.1. The monoisotopic (exact) mass is 223 g/mol. The van der Waals surface area contributed by atoms with Gasteiger partial charge in [-0.25, -0.2) is 4.79 Å². The maximum absolute atomic E-state index is 11.0. The Morgan fingerprint density at radius 2 is 2.13 bits per heavy atom. The summed E-state index contributed by atoms with van der Waals surface area (Å²) >= 11 is 5.87. The summed E-state index contributed by atoms with van der Waals surface area (Å²) in [5.74, 6) is -0.915. The lowest BCUT2D eigenvalue weighted by Gasteiger charge is -1.99. The fourth-order valence-electron chi connectivity index (χ4n) is 1.90. The molecule has 3 nitrogen and oxygen atoms in total. The number of aromatic carboxylic acids is 1. The molecule has 15 heavy (non-hydrogen) atoms. The van der Waals surface area contributed by atoms with Crippen molar-refractivity contribution in [3.05, 3.63) is 34.5 Å². The molecular formula is C11H10ClNO2. The molecule has 0 aliphatic carbocycles. The summed E-state index contributed by atoms with van der Waals surface area (Å²) in [5.41, 5.74) is 1.93. The summed E-state index contributed by atoms with van der Waals surface area (Å²) in [7, 11) is 1.73. The van der Waals surface area contributed by atoms with Gasteiger partial charge in [0, 0.05) is 17.5 Å². The summed E-state index contributed by atoms with van der Waals surface area (Å²) in [6.45, 7) is 1.81. The topological polar surface area (TPSA) is 42.2 Å². The highest BCUT2D eigenvalue weighted by atomic mass is 35.5. The minimum atomic E-state index is -0.915. The molecule has 1 aromatic carbocycles. The van der Waals surface area contributed by atoms with E-state index in [1.807, 2.05) is 6.07 Å². The second-order valence-electron chi connectivity index (χ2n) is 3.50. The lowest BCUT2D eigenvalue weighted by atomic mass is 10.1. The van der Waals surface area contributed by atoms with Crippen molar-refractivity contribution in [3.63, 3.8) is 0 Å². The van der Waals surface area contributed by atoms with Crippen LogP contribution in [-0.4, -0.2) is 15.6 Å². The Hall–Kier alpha value is -1.48. The van der Waals surface area contributed by atoms with Gasteiger partial charge in [0.1, 0.15) is 5.69 Å². The van der Waals surface area contributed by atoms with Crippen molar-refractivity contribution in [2.24, 2.45) is 7.05 Å². The lowest BCUT2D eigenvalue weighted by molar-refractivity contribution is 0.0686. The first-order chi connectivity index (χ1) is 7.02. The van der Waals surface area contributed by atoms with Gasteiger partial charge in [-0.2, -0.15) is 0 Å². The highest BCUT2D eigenvalue weighted by molar-refractivity contribution is 6.31. The van der Waals surface area contributed by atoms with Gasteiger partial charge in [-0.1, -0.05) is 17.7 Å². The molecular weight excluding hydrogens is 214 g/mol. The van der Waals surface area contributed by atoms with Crippen LogP contribution in [0.2, 0.25) is 5.02 Å². The zero-order valence-electron chi connectivity index (χ0n) is 8.41. The van der Waals surface area contributed by atoms with E-state index in [2.05, 4.69) is 0 Å². The molecule has 1 heterocycles. The highest BCUT2D eigenvalue weighted by Gasteiger charge is 2.16. The number of halogens is 1. The molecule has 0 saturated carbocycles. The summed E-state index contributed by atoms with van der Waals surface area (Å²) < 4.78 is 1.65. The number of aromatic nitrogens is 1. The normalized spacial score (nSPS) is 10.9. The number of rotatable bonds is 1. The van der Waals surface area contributed by atoms with E-state index in [1.54, 1.807) is 30.7 Å². The largest absolute Gasteiger partial charge is 0.477 e. The predicted molar refractivity (Wildman–Crippen MR) is 59.6 cm³/mol. The lowest BCUT2D eigenvalue weighted by Crippen LogP contribution is -2.05. The van der Waals surface area contributed by atoms with Gasteiger partial charge in [0.25, 0.3) is 0 Å². The van der Waals surface area contributed by atoms with E-state index in [0.717, 1.165) is 16.5 Å². The summed E-state index contributed by atoms with van der Waals surface area (Å²) in [6.07, 6.45) is 0. The van der Waals surface area contributed by atoms with Gasteiger partial charge in [-0.05, 0) is 24.6 Å². The van der Waals surface area contributed by atoms with Crippen LogP contribution in [0.1, 0.15) is 16.1 Å². The zero-order valence-corrected chi connectivity index (χ0v) is 9.17. The molecule has 2 aromatic rings.